The van der Waals surface area contributed by atoms with Crippen molar-refractivity contribution in [2.45, 2.75) is 32.9 Å². The van der Waals surface area contributed by atoms with Crippen molar-refractivity contribution in [2.24, 2.45) is 5.73 Å². The Kier molecular flexibility index (Phi) is 3.93. The van der Waals surface area contributed by atoms with Gasteiger partial charge in [0.1, 0.15) is 0 Å². The lowest BCUT2D eigenvalue weighted by molar-refractivity contribution is 0.586. The van der Waals surface area contributed by atoms with Gasteiger partial charge in [0.2, 0.25) is 0 Å². The standard InChI is InChI=1S/C12H16ClN5/c1-3-18-11(12(13)8(2)17-18)6-10(14)9-4-5-15-16-7-9/h4-5,7,10H,3,6,14H2,1-2H3. The monoisotopic (exact) mass is 265 g/mol. The first-order valence-corrected chi connectivity index (χ1v) is 6.25. The van der Waals surface area contributed by atoms with Gasteiger partial charge in [-0.25, -0.2) is 0 Å². The zero-order chi connectivity index (χ0) is 13.1. The molecule has 0 aliphatic rings. The maximum Gasteiger partial charge on any atom is 0.0847 e. The van der Waals surface area contributed by atoms with Crippen LogP contribution in [0.3, 0.4) is 0 Å². The van der Waals surface area contributed by atoms with E-state index in [9.17, 15) is 0 Å². The first kappa shape index (κ1) is 13.0. The van der Waals surface area contributed by atoms with Crippen LogP contribution in [-0.4, -0.2) is 20.0 Å². The summed E-state index contributed by atoms with van der Waals surface area (Å²) in [5, 5.41) is 12.7. The van der Waals surface area contributed by atoms with E-state index in [2.05, 4.69) is 15.3 Å². The van der Waals surface area contributed by atoms with Crippen molar-refractivity contribution in [2.75, 3.05) is 0 Å². The highest BCUT2D eigenvalue weighted by atomic mass is 35.5. The lowest BCUT2D eigenvalue weighted by atomic mass is 10.1. The van der Waals surface area contributed by atoms with Gasteiger partial charge in [-0.3, -0.25) is 4.68 Å². The maximum absolute atomic E-state index is 6.26. The second-order valence-corrected chi connectivity index (χ2v) is 4.53. The number of nitrogens with two attached hydrogens (primary N) is 1. The summed E-state index contributed by atoms with van der Waals surface area (Å²) in [5.41, 5.74) is 8.92. The van der Waals surface area contributed by atoms with Crippen molar-refractivity contribution >= 4 is 11.6 Å². The molecule has 2 aromatic rings. The molecule has 5 nitrogen and oxygen atoms in total. The van der Waals surface area contributed by atoms with Gasteiger partial charge in [-0.15, -0.1) is 0 Å². The van der Waals surface area contributed by atoms with Crippen LogP contribution in [0.4, 0.5) is 0 Å². The second kappa shape index (κ2) is 5.46. The summed E-state index contributed by atoms with van der Waals surface area (Å²) in [6, 6.07) is 1.71. The third-order valence-corrected chi connectivity index (χ3v) is 3.39. The number of rotatable bonds is 4. The van der Waals surface area contributed by atoms with Crippen LogP contribution in [0.2, 0.25) is 5.02 Å². The predicted molar refractivity (Wildman–Crippen MR) is 70.3 cm³/mol. The van der Waals surface area contributed by atoms with Gasteiger partial charge in [0.05, 0.1) is 22.6 Å². The van der Waals surface area contributed by atoms with Crippen LogP contribution in [0.25, 0.3) is 0 Å². The first-order valence-electron chi connectivity index (χ1n) is 5.87. The van der Waals surface area contributed by atoms with Crippen molar-refractivity contribution in [1.29, 1.82) is 0 Å². The van der Waals surface area contributed by atoms with Gasteiger partial charge in [-0.2, -0.15) is 15.3 Å². The summed E-state index contributed by atoms with van der Waals surface area (Å²) in [6.45, 7) is 4.72. The largest absolute Gasteiger partial charge is 0.324 e. The smallest absolute Gasteiger partial charge is 0.0847 e. The molecule has 0 radical (unpaired) electrons. The zero-order valence-electron chi connectivity index (χ0n) is 10.5. The topological polar surface area (TPSA) is 69.6 Å². The summed E-state index contributed by atoms with van der Waals surface area (Å²) in [4.78, 5) is 0. The number of aromatic nitrogens is 4. The minimum absolute atomic E-state index is 0.153. The Balaban J connectivity index is 2.24. The minimum Gasteiger partial charge on any atom is -0.324 e. The SMILES string of the molecule is CCn1nc(C)c(Cl)c1CC(N)c1ccnnc1. The van der Waals surface area contributed by atoms with Crippen LogP contribution >= 0.6 is 11.6 Å². The van der Waals surface area contributed by atoms with E-state index in [1.54, 1.807) is 12.4 Å². The molecule has 2 heterocycles. The molecule has 0 aliphatic heterocycles. The third-order valence-electron chi connectivity index (χ3n) is 2.90. The molecule has 0 bridgehead atoms. The fraction of sp³-hybridized carbons (Fsp3) is 0.417. The molecule has 0 saturated carbocycles. The van der Waals surface area contributed by atoms with Gasteiger partial charge in [-0.05, 0) is 25.5 Å². The van der Waals surface area contributed by atoms with Crippen LogP contribution in [-0.2, 0) is 13.0 Å². The normalized spacial score (nSPS) is 12.7. The number of halogens is 1. The molecule has 2 N–H and O–H groups in total. The molecular formula is C12H16ClN5. The van der Waals surface area contributed by atoms with Crippen molar-refractivity contribution in [3.05, 3.63) is 40.4 Å². The van der Waals surface area contributed by atoms with Crippen LogP contribution in [0.5, 0.6) is 0 Å². The number of aryl methyl sites for hydroxylation is 2. The summed E-state index contributed by atoms with van der Waals surface area (Å²) in [7, 11) is 0. The number of hydrogen-bond donors (Lipinski definition) is 1. The van der Waals surface area contributed by atoms with Gasteiger partial charge in [0.15, 0.2) is 0 Å². The Morgan fingerprint density at radius 3 is 2.83 bits per heavy atom. The molecule has 18 heavy (non-hydrogen) atoms. The molecule has 0 aliphatic carbocycles. The van der Waals surface area contributed by atoms with E-state index in [4.69, 9.17) is 17.3 Å². The third kappa shape index (κ3) is 2.52. The van der Waals surface area contributed by atoms with E-state index in [-0.39, 0.29) is 6.04 Å². The molecule has 6 heteroatoms. The lowest BCUT2D eigenvalue weighted by Gasteiger charge is -2.12. The van der Waals surface area contributed by atoms with Crippen LogP contribution < -0.4 is 5.73 Å². The Labute approximate surface area is 111 Å². The van der Waals surface area contributed by atoms with Gasteiger partial charge < -0.3 is 5.73 Å². The van der Waals surface area contributed by atoms with Crippen molar-refractivity contribution in [1.82, 2.24) is 20.0 Å². The fourth-order valence-corrected chi connectivity index (χ4v) is 2.12. The molecule has 2 rings (SSSR count). The quantitative estimate of drug-likeness (QED) is 0.917. The molecule has 0 aromatic carbocycles. The number of hydrogen-bond acceptors (Lipinski definition) is 4. The summed E-state index contributed by atoms with van der Waals surface area (Å²) in [5.74, 6) is 0. The minimum atomic E-state index is -0.153. The maximum atomic E-state index is 6.26. The molecule has 0 fully saturated rings. The summed E-state index contributed by atoms with van der Waals surface area (Å²) < 4.78 is 1.89. The van der Waals surface area contributed by atoms with Crippen LogP contribution in [0, 0.1) is 6.92 Å². The fourth-order valence-electron chi connectivity index (χ4n) is 1.91. The highest BCUT2D eigenvalue weighted by Gasteiger charge is 2.16. The van der Waals surface area contributed by atoms with Crippen molar-refractivity contribution < 1.29 is 0 Å². The first-order chi connectivity index (χ1) is 8.63. The van der Waals surface area contributed by atoms with Gasteiger partial charge in [0.25, 0.3) is 0 Å². The molecule has 1 unspecified atom stereocenters. The van der Waals surface area contributed by atoms with E-state index >= 15 is 0 Å². The molecule has 0 spiro atoms. The van der Waals surface area contributed by atoms with Crippen LogP contribution in [0.15, 0.2) is 18.5 Å². The molecular weight excluding hydrogens is 250 g/mol. The Hall–Kier alpha value is -1.46. The van der Waals surface area contributed by atoms with E-state index < -0.39 is 0 Å². The lowest BCUT2D eigenvalue weighted by Crippen LogP contribution is -2.16. The van der Waals surface area contributed by atoms with Crippen molar-refractivity contribution in [3.8, 4) is 0 Å². The molecule has 0 amide bonds. The van der Waals surface area contributed by atoms with E-state index in [0.29, 0.717) is 11.4 Å². The predicted octanol–water partition coefficient (Wildman–Crippen LogP) is 1.90. The Morgan fingerprint density at radius 2 is 2.22 bits per heavy atom. The number of nitrogens with zero attached hydrogens (tertiary/aromatic N) is 4. The summed E-state index contributed by atoms with van der Waals surface area (Å²) in [6.07, 6.45) is 3.95. The van der Waals surface area contributed by atoms with E-state index in [0.717, 1.165) is 23.5 Å². The molecule has 96 valence electrons. The van der Waals surface area contributed by atoms with Gasteiger partial charge in [0, 0.05) is 25.2 Å². The molecule has 0 saturated heterocycles. The second-order valence-electron chi connectivity index (χ2n) is 4.15. The molecule has 2 aromatic heterocycles. The average molecular weight is 266 g/mol. The highest BCUT2D eigenvalue weighted by molar-refractivity contribution is 6.31. The van der Waals surface area contributed by atoms with E-state index in [1.807, 2.05) is 24.6 Å². The highest BCUT2D eigenvalue weighted by Crippen LogP contribution is 2.24. The van der Waals surface area contributed by atoms with E-state index in [1.165, 1.54) is 0 Å². The van der Waals surface area contributed by atoms with Crippen molar-refractivity contribution in [3.63, 3.8) is 0 Å². The zero-order valence-corrected chi connectivity index (χ0v) is 11.2. The Morgan fingerprint density at radius 1 is 1.44 bits per heavy atom. The Bertz CT molecular complexity index is 523. The summed E-state index contributed by atoms with van der Waals surface area (Å²) >= 11 is 6.26. The van der Waals surface area contributed by atoms with Crippen LogP contribution in [0.1, 0.15) is 29.9 Å². The van der Waals surface area contributed by atoms with Gasteiger partial charge >= 0.3 is 0 Å². The average Bonchev–Trinajstić information content (AvgIpc) is 2.67. The van der Waals surface area contributed by atoms with Gasteiger partial charge in [-0.1, -0.05) is 11.6 Å². The molecule has 1 atom stereocenters.